The molecule has 136 valence electrons. The van der Waals surface area contributed by atoms with Gasteiger partial charge in [0.2, 0.25) is 11.9 Å². The molecule has 2 fully saturated rings. The van der Waals surface area contributed by atoms with Crippen LogP contribution in [0, 0.1) is 29.5 Å². The third kappa shape index (κ3) is 3.07. The fraction of sp³-hybridized carbons (Fsp3) is 0.444. The van der Waals surface area contributed by atoms with Crippen LogP contribution in [0.4, 0.5) is 10.3 Å². The highest BCUT2D eigenvalue weighted by molar-refractivity contribution is 5.94. The maximum Gasteiger partial charge on any atom is 0.307 e. The largest absolute Gasteiger partial charge is 0.481 e. The molecule has 2 N–H and O–H groups in total. The Morgan fingerprint density at radius 1 is 1.19 bits per heavy atom. The molecule has 2 aromatic rings. The molecule has 2 saturated carbocycles. The number of aromatic nitrogens is 3. The maximum atomic E-state index is 12.9. The summed E-state index contributed by atoms with van der Waals surface area (Å²) in [4.78, 5) is 28.2. The van der Waals surface area contributed by atoms with Gasteiger partial charge in [0.25, 0.3) is 0 Å². The normalized spacial score (nSPS) is 26.8. The third-order valence-electron chi connectivity index (χ3n) is 5.53. The third-order valence-corrected chi connectivity index (χ3v) is 5.53. The van der Waals surface area contributed by atoms with Crippen LogP contribution in [0.15, 0.2) is 30.6 Å². The minimum Gasteiger partial charge on any atom is -0.481 e. The van der Waals surface area contributed by atoms with Crippen LogP contribution in [0.2, 0.25) is 0 Å². The van der Waals surface area contributed by atoms with Crippen molar-refractivity contribution in [2.24, 2.45) is 23.7 Å². The van der Waals surface area contributed by atoms with Gasteiger partial charge in [0.15, 0.2) is 0 Å². The van der Waals surface area contributed by atoms with Crippen molar-refractivity contribution in [2.45, 2.75) is 25.8 Å². The second-order valence-corrected chi connectivity index (χ2v) is 7.10. The van der Waals surface area contributed by atoms with Gasteiger partial charge in [-0.25, -0.2) is 14.1 Å². The predicted octanol–water partition coefficient (Wildman–Crippen LogP) is 2.15. The fourth-order valence-corrected chi connectivity index (χ4v) is 4.42. The highest BCUT2D eigenvalue weighted by Gasteiger charge is 2.54. The molecule has 8 heteroatoms. The average molecular weight is 358 g/mol. The summed E-state index contributed by atoms with van der Waals surface area (Å²) >= 11 is 0. The standard InChI is InChI=1S/C18H19FN4O3/c19-13-5-1-10(2-6-13)8-23-9-20-18(22-23)21-16(24)14-11-3-4-12(7-11)15(14)17(25)26/h1-2,5-6,9,11-12,14-15H,3-4,7-8H2,(H,25,26)(H,21,22,24). The number of hydrogen-bond donors (Lipinski definition) is 2. The zero-order chi connectivity index (χ0) is 18.3. The molecule has 1 aromatic heterocycles. The molecule has 2 aliphatic rings. The SMILES string of the molecule is O=C(O)C1C2CCC(C2)C1C(=O)Nc1ncn(Cc2ccc(F)cc2)n1. The molecule has 0 aliphatic heterocycles. The van der Waals surface area contributed by atoms with E-state index in [0.717, 1.165) is 24.8 Å². The molecule has 2 aliphatic carbocycles. The van der Waals surface area contributed by atoms with Gasteiger partial charge in [-0.05, 0) is 48.8 Å². The molecule has 4 unspecified atom stereocenters. The van der Waals surface area contributed by atoms with Gasteiger partial charge in [0, 0.05) is 0 Å². The molecule has 4 atom stereocenters. The quantitative estimate of drug-likeness (QED) is 0.854. The van der Waals surface area contributed by atoms with E-state index >= 15 is 0 Å². The van der Waals surface area contributed by atoms with Gasteiger partial charge >= 0.3 is 5.97 Å². The number of aliphatic carboxylic acids is 1. The number of nitrogens with one attached hydrogen (secondary N) is 1. The number of carbonyl (C=O) groups is 2. The molecular weight excluding hydrogens is 339 g/mol. The summed E-state index contributed by atoms with van der Waals surface area (Å²) in [5.74, 6) is -2.27. The Kier molecular flexibility index (Phi) is 4.18. The van der Waals surface area contributed by atoms with Crippen LogP contribution in [0.25, 0.3) is 0 Å². The number of carboxylic acid groups (broad SMARTS) is 1. The zero-order valence-electron chi connectivity index (χ0n) is 14.0. The molecule has 0 saturated heterocycles. The Morgan fingerprint density at radius 3 is 2.58 bits per heavy atom. The minimum absolute atomic E-state index is 0.0947. The van der Waals surface area contributed by atoms with Gasteiger partial charge < -0.3 is 5.11 Å². The van der Waals surface area contributed by atoms with Crippen molar-refractivity contribution >= 4 is 17.8 Å². The Morgan fingerprint density at radius 2 is 1.88 bits per heavy atom. The first-order chi connectivity index (χ1) is 12.5. The van der Waals surface area contributed by atoms with Crippen LogP contribution in [0.3, 0.4) is 0 Å². The number of carboxylic acids is 1. The van der Waals surface area contributed by atoms with Crippen LogP contribution in [-0.2, 0) is 16.1 Å². The van der Waals surface area contributed by atoms with E-state index in [1.807, 2.05) is 0 Å². The smallest absolute Gasteiger partial charge is 0.307 e. The van der Waals surface area contributed by atoms with Crippen molar-refractivity contribution in [3.8, 4) is 0 Å². The van der Waals surface area contributed by atoms with E-state index in [4.69, 9.17) is 0 Å². The van der Waals surface area contributed by atoms with Gasteiger partial charge in [-0.3, -0.25) is 14.9 Å². The van der Waals surface area contributed by atoms with Crippen molar-refractivity contribution in [3.05, 3.63) is 42.0 Å². The predicted molar refractivity (Wildman–Crippen MR) is 89.6 cm³/mol. The molecule has 4 rings (SSSR count). The lowest BCUT2D eigenvalue weighted by Gasteiger charge is -2.26. The molecule has 0 spiro atoms. The van der Waals surface area contributed by atoms with Crippen molar-refractivity contribution in [1.29, 1.82) is 0 Å². The summed E-state index contributed by atoms with van der Waals surface area (Å²) in [5, 5.41) is 16.3. The van der Waals surface area contributed by atoms with Crippen molar-refractivity contribution < 1.29 is 19.1 Å². The van der Waals surface area contributed by atoms with E-state index < -0.39 is 17.8 Å². The Balaban J connectivity index is 1.43. The van der Waals surface area contributed by atoms with E-state index in [9.17, 15) is 19.1 Å². The average Bonchev–Trinajstić information content (AvgIpc) is 3.32. The van der Waals surface area contributed by atoms with Crippen LogP contribution >= 0.6 is 0 Å². The number of rotatable bonds is 5. The summed E-state index contributed by atoms with van der Waals surface area (Å²) in [6.07, 6.45) is 4.07. The van der Waals surface area contributed by atoms with Gasteiger partial charge in [-0.2, -0.15) is 0 Å². The van der Waals surface area contributed by atoms with Crippen LogP contribution in [-0.4, -0.2) is 31.7 Å². The molecule has 1 aromatic carbocycles. The second-order valence-electron chi connectivity index (χ2n) is 7.10. The first-order valence-corrected chi connectivity index (χ1v) is 8.69. The van der Waals surface area contributed by atoms with Crippen molar-refractivity contribution in [2.75, 3.05) is 5.32 Å². The highest BCUT2D eigenvalue weighted by Crippen LogP contribution is 2.52. The lowest BCUT2D eigenvalue weighted by molar-refractivity contribution is -0.148. The summed E-state index contributed by atoms with van der Waals surface area (Å²) in [6.45, 7) is 0.398. The Hall–Kier alpha value is -2.77. The molecular formula is C18H19FN4O3. The van der Waals surface area contributed by atoms with E-state index in [0.29, 0.717) is 6.54 Å². The Bertz CT molecular complexity index is 835. The van der Waals surface area contributed by atoms with E-state index in [-0.39, 0.29) is 29.5 Å². The van der Waals surface area contributed by atoms with Gasteiger partial charge in [-0.1, -0.05) is 12.1 Å². The first-order valence-electron chi connectivity index (χ1n) is 8.69. The molecule has 2 bridgehead atoms. The molecule has 7 nitrogen and oxygen atoms in total. The van der Waals surface area contributed by atoms with Crippen molar-refractivity contribution in [1.82, 2.24) is 14.8 Å². The number of carbonyl (C=O) groups excluding carboxylic acids is 1. The van der Waals surface area contributed by atoms with Crippen LogP contribution in [0.1, 0.15) is 24.8 Å². The topological polar surface area (TPSA) is 97.1 Å². The number of anilines is 1. The summed E-state index contributed by atoms with van der Waals surface area (Å²) in [7, 11) is 0. The first kappa shape index (κ1) is 16.7. The molecule has 0 radical (unpaired) electrons. The second kappa shape index (κ2) is 6.51. The van der Waals surface area contributed by atoms with E-state index in [1.165, 1.54) is 18.5 Å². The fourth-order valence-electron chi connectivity index (χ4n) is 4.42. The van der Waals surface area contributed by atoms with E-state index in [2.05, 4.69) is 15.4 Å². The molecule has 26 heavy (non-hydrogen) atoms. The number of amides is 1. The lowest BCUT2D eigenvalue weighted by Crippen LogP contribution is -2.38. The zero-order valence-corrected chi connectivity index (χ0v) is 14.0. The van der Waals surface area contributed by atoms with Gasteiger partial charge in [-0.15, -0.1) is 5.10 Å². The molecule has 1 heterocycles. The monoisotopic (exact) mass is 358 g/mol. The highest BCUT2D eigenvalue weighted by atomic mass is 19.1. The number of nitrogens with zero attached hydrogens (tertiary/aromatic N) is 3. The van der Waals surface area contributed by atoms with Crippen LogP contribution < -0.4 is 5.32 Å². The van der Waals surface area contributed by atoms with Crippen LogP contribution in [0.5, 0.6) is 0 Å². The summed E-state index contributed by atoms with van der Waals surface area (Å²) < 4.78 is 14.5. The lowest BCUT2D eigenvalue weighted by atomic mass is 9.79. The number of halogens is 1. The number of fused-ring (bicyclic) bond motifs is 2. The van der Waals surface area contributed by atoms with E-state index in [1.54, 1.807) is 16.8 Å². The minimum atomic E-state index is -0.896. The number of benzene rings is 1. The molecule has 1 amide bonds. The summed E-state index contributed by atoms with van der Waals surface area (Å²) in [6, 6.07) is 6.05. The van der Waals surface area contributed by atoms with Gasteiger partial charge in [0.05, 0.1) is 18.4 Å². The van der Waals surface area contributed by atoms with Gasteiger partial charge in [0.1, 0.15) is 12.1 Å². The Labute approximate surface area is 149 Å². The maximum absolute atomic E-state index is 12.9. The number of hydrogen-bond acceptors (Lipinski definition) is 4. The summed E-state index contributed by atoms with van der Waals surface area (Å²) in [5.41, 5.74) is 0.855. The van der Waals surface area contributed by atoms with Crippen molar-refractivity contribution in [3.63, 3.8) is 0 Å².